The summed E-state index contributed by atoms with van der Waals surface area (Å²) in [7, 11) is 1.61. The zero-order chi connectivity index (χ0) is 8.91. The Morgan fingerprint density at radius 3 is 2.45 bits per heavy atom. The molecule has 0 fully saturated rings. The van der Waals surface area contributed by atoms with Crippen molar-refractivity contribution in [1.29, 1.82) is 0 Å². The van der Waals surface area contributed by atoms with Crippen LogP contribution in [-0.4, -0.2) is 24.0 Å². The molecule has 0 aliphatic rings. The van der Waals surface area contributed by atoms with Crippen molar-refractivity contribution in [3.05, 3.63) is 0 Å². The van der Waals surface area contributed by atoms with Gasteiger partial charge in [-0.15, -0.1) is 23.2 Å². The summed E-state index contributed by atoms with van der Waals surface area (Å²) in [5.74, 6) is 5.99. The van der Waals surface area contributed by atoms with E-state index in [2.05, 4.69) is 11.8 Å². The maximum atomic E-state index is 5.67. The van der Waals surface area contributed by atoms with Crippen LogP contribution in [-0.2, 0) is 4.74 Å². The predicted molar refractivity (Wildman–Crippen MR) is 49.2 cm³/mol. The molecule has 0 aliphatic carbocycles. The number of hydrogen-bond donors (Lipinski definition) is 0. The molecular formula is C8H12Cl2O. The lowest BCUT2D eigenvalue weighted by Crippen LogP contribution is -2.19. The smallest absolute Gasteiger partial charge is 0.122 e. The molecule has 0 spiro atoms. The van der Waals surface area contributed by atoms with Gasteiger partial charge in [-0.1, -0.05) is 11.8 Å². The molecule has 0 amide bonds. The second-order valence-corrected chi connectivity index (χ2v) is 3.44. The fourth-order valence-corrected chi connectivity index (χ4v) is 0.473. The molecule has 0 heterocycles. The standard InChI is InChI=1S/C8H12Cl2O/c1-8(2,11-3)5-4-7(10)6-9/h7H,6H2,1-3H3. The largest absolute Gasteiger partial charge is 0.366 e. The van der Waals surface area contributed by atoms with Gasteiger partial charge in [-0.3, -0.25) is 0 Å². The molecular weight excluding hydrogens is 183 g/mol. The van der Waals surface area contributed by atoms with Gasteiger partial charge in [0.2, 0.25) is 0 Å². The summed E-state index contributed by atoms with van der Waals surface area (Å²) >= 11 is 11.1. The van der Waals surface area contributed by atoms with Crippen LogP contribution < -0.4 is 0 Å². The molecule has 0 aliphatic heterocycles. The minimum Gasteiger partial charge on any atom is -0.366 e. The molecule has 0 rings (SSSR count). The van der Waals surface area contributed by atoms with Crippen molar-refractivity contribution >= 4 is 23.2 Å². The molecule has 64 valence electrons. The van der Waals surface area contributed by atoms with Gasteiger partial charge in [0, 0.05) is 13.0 Å². The first kappa shape index (κ1) is 11.1. The van der Waals surface area contributed by atoms with Crippen molar-refractivity contribution in [3.63, 3.8) is 0 Å². The van der Waals surface area contributed by atoms with E-state index in [0.29, 0.717) is 5.88 Å². The molecule has 0 saturated heterocycles. The minimum absolute atomic E-state index is 0.286. The highest BCUT2D eigenvalue weighted by molar-refractivity contribution is 6.29. The van der Waals surface area contributed by atoms with E-state index in [1.165, 1.54) is 0 Å². The van der Waals surface area contributed by atoms with Crippen LogP contribution in [0.2, 0.25) is 0 Å². The topological polar surface area (TPSA) is 9.23 Å². The first-order valence-electron chi connectivity index (χ1n) is 3.29. The number of rotatable bonds is 2. The van der Waals surface area contributed by atoms with E-state index in [0.717, 1.165) is 0 Å². The van der Waals surface area contributed by atoms with E-state index in [1.54, 1.807) is 7.11 Å². The maximum Gasteiger partial charge on any atom is 0.122 e. The van der Waals surface area contributed by atoms with Gasteiger partial charge in [0.1, 0.15) is 11.0 Å². The molecule has 0 bridgehead atoms. The summed E-state index contributed by atoms with van der Waals surface area (Å²) < 4.78 is 5.06. The van der Waals surface area contributed by atoms with Crippen molar-refractivity contribution < 1.29 is 4.74 Å². The minimum atomic E-state index is -0.431. The summed E-state index contributed by atoms with van der Waals surface area (Å²) in [5, 5.41) is -0.286. The van der Waals surface area contributed by atoms with Gasteiger partial charge in [0.15, 0.2) is 0 Å². The van der Waals surface area contributed by atoms with Crippen molar-refractivity contribution in [2.75, 3.05) is 13.0 Å². The van der Waals surface area contributed by atoms with E-state index in [-0.39, 0.29) is 5.38 Å². The number of hydrogen-bond acceptors (Lipinski definition) is 1. The van der Waals surface area contributed by atoms with Crippen LogP contribution in [0.25, 0.3) is 0 Å². The maximum absolute atomic E-state index is 5.67. The molecule has 0 N–H and O–H groups in total. The van der Waals surface area contributed by atoms with Gasteiger partial charge >= 0.3 is 0 Å². The number of alkyl halides is 2. The second-order valence-electron chi connectivity index (χ2n) is 2.61. The van der Waals surface area contributed by atoms with Gasteiger partial charge in [0.05, 0.1) is 0 Å². The van der Waals surface area contributed by atoms with Gasteiger partial charge in [-0.25, -0.2) is 0 Å². The van der Waals surface area contributed by atoms with E-state index in [9.17, 15) is 0 Å². The van der Waals surface area contributed by atoms with Crippen LogP contribution in [0.3, 0.4) is 0 Å². The molecule has 11 heavy (non-hydrogen) atoms. The molecule has 0 aromatic carbocycles. The predicted octanol–water partition coefficient (Wildman–Crippen LogP) is 2.26. The Kier molecular flexibility index (Phi) is 4.92. The lowest BCUT2D eigenvalue weighted by atomic mass is 10.1. The third kappa shape index (κ3) is 5.38. The summed E-state index contributed by atoms with van der Waals surface area (Å²) in [6.45, 7) is 3.75. The molecule has 0 aromatic heterocycles. The quantitative estimate of drug-likeness (QED) is 0.485. The highest BCUT2D eigenvalue weighted by Crippen LogP contribution is 2.05. The van der Waals surface area contributed by atoms with Gasteiger partial charge in [-0.2, -0.15) is 0 Å². The van der Waals surface area contributed by atoms with Crippen LogP contribution >= 0.6 is 23.2 Å². The van der Waals surface area contributed by atoms with Crippen molar-refractivity contribution in [1.82, 2.24) is 0 Å². The molecule has 3 heteroatoms. The normalized spacial score (nSPS) is 13.5. The van der Waals surface area contributed by atoms with Gasteiger partial charge < -0.3 is 4.74 Å². The van der Waals surface area contributed by atoms with Crippen molar-refractivity contribution in [2.24, 2.45) is 0 Å². The molecule has 1 atom stereocenters. The second kappa shape index (κ2) is 4.87. The molecule has 0 radical (unpaired) electrons. The number of halogens is 2. The van der Waals surface area contributed by atoms with Crippen LogP contribution in [0.4, 0.5) is 0 Å². The first-order valence-corrected chi connectivity index (χ1v) is 4.27. The molecule has 1 unspecified atom stereocenters. The van der Waals surface area contributed by atoms with E-state index >= 15 is 0 Å². The van der Waals surface area contributed by atoms with Crippen LogP contribution in [0.1, 0.15) is 13.8 Å². The Labute approximate surface area is 78.0 Å². The van der Waals surface area contributed by atoms with Gasteiger partial charge in [0.25, 0.3) is 0 Å². The third-order valence-corrected chi connectivity index (χ3v) is 1.91. The Morgan fingerprint density at radius 2 is 2.09 bits per heavy atom. The Bertz CT molecular complexity index is 167. The average Bonchev–Trinajstić information content (AvgIpc) is 2.00. The SMILES string of the molecule is COC(C)(C)C#CC(Cl)CCl. The fourth-order valence-electron chi connectivity index (χ4n) is 0.342. The molecule has 0 saturated carbocycles. The van der Waals surface area contributed by atoms with Crippen molar-refractivity contribution in [2.45, 2.75) is 24.8 Å². The van der Waals surface area contributed by atoms with Crippen molar-refractivity contribution in [3.8, 4) is 11.8 Å². The van der Waals surface area contributed by atoms with Gasteiger partial charge in [-0.05, 0) is 13.8 Å². The summed E-state index contributed by atoms with van der Waals surface area (Å²) in [6, 6.07) is 0. The highest BCUT2D eigenvalue weighted by atomic mass is 35.5. The Hall–Kier alpha value is 0.100. The summed E-state index contributed by atoms with van der Waals surface area (Å²) in [5.41, 5.74) is -0.431. The molecule has 0 aromatic rings. The van der Waals surface area contributed by atoms with Crippen LogP contribution in [0, 0.1) is 11.8 Å². The Morgan fingerprint density at radius 1 is 1.55 bits per heavy atom. The lowest BCUT2D eigenvalue weighted by Gasteiger charge is -2.14. The van der Waals surface area contributed by atoms with Crippen LogP contribution in [0.5, 0.6) is 0 Å². The third-order valence-electron chi connectivity index (χ3n) is 1.18. The summed E-state index contributed by atoms with van der Waals surface area (Å²) in [4.78, 5) is 0. The zero-order valence-electron chi connectivity index (χ0n) is 6.95. The molecule has 1 nitrogen and oxygen atoms in total. The van der Waals surface area contributed by atoms with E-state index in [1.807, 2.05) is 13.8 Å². The lowest BCUT2D eigenvalue weighted by molar-refractivity contribution is 0.0741. The Balaban J connectivity index is 4.05. The summed E-state index contributed by atoms with van der Waals surface area (Å²) in [6.07, 6.45) is 0. The number of methoxy groups -OCH3 is 1. The average molecular weight is 195 g/mol. The first-order chi connectivity index (χ1) is 5.02. The zero-order valence-corrected chi connectivity index (χ0v) is 8.46. The number of ether oxygens (including phenoxy) is 1. The monoisotopic (exact) mass is 194 g/mol. The fraction of sp³-hybridized carbons (Fsp3) is 0.750. The highest BCUT2D eigenvalue weighted by Gasteiger charge is 2.11. The van der Waals surface area contributed by atoms with Crippen LogP contribution in [0.15, 0.2) is 0 Å². The van der Waals surface area contributed by atoms with E-state index < -0.39 is 5.60 Å². The van der Waals surface area contributed by atoms with E-state index in [4.69, 9.17) is 27.9 Å².